The van der Waals surface area contributed by atoms with E-state index in [0.717, 1.165) is 47.2 Å². The van der Waals surface area contributed by atoms with Crippen molar-refractivity contribution in [1.82, 2.24) is 0 Å². The van der Waals surface area contributed by atoms with Gasteiger partial charge in [0, 0.05) is 28.4 Å². The Balaban J connectivity index is 1.33. The van der Waals surface area contributed by atoms with E-state index in [0.29, 0.717) is 6.61 Å². The van der Waals surface area contributed by atoms with E-state index in [1.165, 1.54) is 50.1 Å². The van der Waals surface area contributed by atoms with Gasteiger partial charge < -0.3 is 14.4 Å². The molecule has 0 spiro atoms. The van der Waals surface area contributed by atoms with Gasteiger partial charge in [0.2, 0.25) is 0 Å². The van der Waals surface area contributed by atoms with Crippen molar-refractivity contribution in [2.24, 2.45) is 0 Å². The van der Waals surface area contributed by atoms with Gasteiger partial charge in [0.15, 0.2) is 0 Å². The standard InChI is InChI=1S/C48H39NO2/c1-48(2)43-25-10-9-23-41(43)46-44(48)26-27-45(47(46)40-24-12-16-34-28-29-50-32-42(34)40)49(36-18-11-17-35(30-36)33-14-5-3-6-15-33)37-19-13-22-39(31-37)51-38-20-7-4-8-21-38/h3-27,30-31H,28-29,32H2,1-2H3. The van der Waals surface area contributed by atoms with Crippen molar-refractivity contribution in [3.63, 3.8) is 0 Å². The Hall–Kier alpha value is -5.90. The zero-order valence-electron chi connectivity index (χ0n) is 29.0. The molecule has 1 aliphatic carbocycles. The van der Waals surface area contributed by atoms with E-state index in [1.54, 1.807) is 0 Å². The lowest BCUT2D eigenvalue weighted by Crippen LogP contribution is -2.17. The molecule has 1 heterocycles. The van der Waals surface area contributed by atoms with E-state index >= 15 is 0 Å². The largest absolute Gasteiger partial charge is 0.457 e. The van der Waals surface area contributed by atoms with Gasteiger partial charge in [-0.3, -0.25) is 0 Å². The second kappa shape index (κ2) is 12.8. The van der Waals surface area contributed by atoms with Crippen LogP contribution in [-0.2, 0) is 23.2 Å². The highest BCUT2D eigenvalue weighted by Gasteiger charge is 2.39. The molecular formula is C48H39NO2. The first-order chi connectivity index (χ1) is 25.1. The lowest BCUT2D eigenvalue weighted by Gasteiger charge is -2.32. The highest BCUT2D eigenvalue weighted by molar-refractivity contribution is 6.02. The number of para-hydroxylation sites is 1. The molecule has 3 heteroatoms. The zero-order valence-corrected chi connectivity index (χ0v) is 29.0. The van der Waals surface area contributed by atoms with Gasteiger partial charge in [0.25, 0.3) is 0 Å². The summed E-state index contributed by atoms with van der Waals surface area (Å²) in [4.78, 5) is 2.41. The Kier molecular flexibility index (Phi) is 7.79. The van der Waals surface area contributed by atoms with Crippen LogP contribution in [0, 0.1) is 0 Å². The Morgan fingerprint density at radius 1 is 0.549 bits per heavy atom. The molecule has 0 atom stereocenters. The molecule has 0 amide bonds. The van der Waals surface area contributed by atoms with E-state index in [2.05, 4.69) is 146 Å². The van der Waals surface area contributed by atoms with Crippen molar-refractivity contribution in [1.29, 1.82) is 0 Å². The van der Waals surface area contributed by atoms with Crippen molar-refractivity contribution >= 4 is 17.1 Å². The van der Waals surface area contributed by atoms with Crippen molar-refractivity contribution in [2.45, 2.75) is 32.3 Å². The van der Waals surface area contributed by atoms with E-state index in [4.69, 9.17) is 9.47 Å². The summed E-state index contributed by atoms with van der Waals surface area (Å²) in [5.74, 6) is 1.59. The fraction of sp³-hybridized carbons (Fsp3) is 0.125. The second-order valence-electron chi connectivity index (χ2n) is 14.0. The molecule has 0 fully saturated rings. The Morgan fingerprint density at radius 3 is 2.06 bits per heavy atom. The first-order valence-corrected chi connectivity index (χ1v) is 17.8. The molecule has 9 rings (SSSR count). The molecule has 0 bridgehead atoms. The van der Waals surface area contributed by atoms with Gasteiger partial charge in [-0.05, 0) is 99.0 Å². The monoisotopic (exact) mass is 661 g/mol. The number of rotatable bonds is 7. The maximum atomic E-state index is 6.43. The molecule has 0 aromatic heterocycles. The molecule has 1 aliphatic heterocycles. The minimum Gasteiger partial charge on any atom is -0.457 e. The van der Waals surface area contributed by atoms with Crippen LogP contribution in [0.1, 0.15) is 36.1 Å². The summed E-state index contributed by atoms with van der Waals surface area (Å²) < 4.78 is 12.6. The van der Waals surface area contributed by atoms with E-state index in [-0.39, 0.29) is 5.41 Å². The summed E-state index contributed by atoms with van der Waals surface area (Å²) in [7, 11) is 0. The van der Waals surface area contributed by atoms with Gasteiger partial charge in [-0.2, -0.15) is 0 Å². The van der Waals surface area contributed by atoms with Gasteiger partial charge >= 0.3 is 0 Å². The number of ether oxygens (including phenoxy) is 2. The average Bonchev–Trinajstić information content (AvgIpc) is 3.42. The first-order valence-electron chi connectivity index (χ1n) is 17.8. The number of anilines is 3. The van der Waals surface area contributed by atoms with Crippen LogP contribution >= 0.6 is 0 Å². The molecular weight excluding hydrogens is 623 g/mol. The molecule has 2 aliphatic rings. The van der Waals surface area contributed by atoms with Crippen LogP contribution in [0.3, 0.4) is 0 Å². The normalized spacial score (nSPS) is 13.9. The summed E-state index contributed by atoms with van der Waals surface area (Å²) in [5, 5.41) is 0. The van der Waals surface area contributed by atoms with Crippen LogP contribution < -0.4 is 9.64 Å². The van der Waals surface area contributed by atoms with Gasteiger partial charge in [-0.25, -0.2) is 0 Å². The van der Waals surface area contributed by atoms with Crippen LogP contribution in [0.4, 0.5) is 17.1 Å². The molecule has 0 saturated heterocycles. The van der Waals surface area contributed by atoms with Crippen LogP contribution in [-0.4, -0.2) is 6.61 Å². The fourth-order valence-corrected chi connectivity index (χ4v) is 8.07. The minimum atomic E-state index is -0.147. The predicted molar refractivity (Wildman–Crippen MR) is 209 cm³/mol. The minimum absolute atomic E-state index is 0.147. The van der Waals surface area contributed by atoms with E-state index < -0.39 is 0 Å². The van der Waals surface area contributed by atoms with Gasteiger partial charge in [-0.15, -0.1) is 0 Å². The fourth-order valence-electron chi connectivity index (χ4n) is 8.07. The highest BCUT2D eigenvalue weighted by atomic mass is 16.5. The third kappa shape index (κ3) is 5.51. The topological polar surface area (TPSA) is 21.7 Å². The molecule has 0 N–H and O–H groups in total. The highest BCUT2D eigenvalue weighted by Crippen LogP contribution is 2.56. The SMILES string of the molecule is CC1(C)c2ccccc2-c2c1ccc(N(c1cccc(Oc3ccccc3)c1)c1cccc(-c3ccccc3)c1)c2-c1cccc2c1COCC2. The predicted octanol–water partition coefficient (Wildman–Crippen LogP) is 12.7. The number of nitrogens with zero attached hydrogens (tertiary/aromatic N) is 1. The van der Waals surface area contributed by atoms with Crippen LogP contribution in [0.25, 0.3) is 33.4 Å². The van der Waals surface area contributed by atoms with Crippen molar-refractivity contribution in [3.8, 4) is 44.9 Å². The van der Waals surface area contributed by atoms with Crippen molar-refractivity contribution < 1.29 is 9.47 Å². The zero-order chi connectivity index (χ0) is 34.4. The van der Waals surface area contributed by atoms with Gasteiger partial charge in [0.1, 0.15) is 11.5 Å². The summed E-state index contributed by atoms with van der Waals surface area (Å²) in [6, 6.07) is 58.4. The molecule has 0 radical (unpaired) electrons. The molecule has 0 unspecified atom stereocenters. The Labute approximate surface area is 300 Å². The van der Waals surface area contributed by atoms with Crippen molar-refractivity contribution in [2.75, 3.05) is 11.5 Å². The van der Waals surface area contributed by atoms with Crippen LogP contribution in [0.15, 0.2) is 164 Å². The molecule has 7 aromatic carbocycles. The molecule has 51 heavy (non-hydrogen) atoms. The molecule has 7 aromatic rings. The average molecular weight is 662 g/mol. The van der Waals surface area contributed by atoms with Crippen molar-refractivity contribution in [3.05, 3.63) is 186 Å². The summed E-state index contributed by atoms with van der Waals surface area (Å²) in [6.07, 6.45) is 0.914. The maximum Gasteiger partial charge on any atom is 0.129 e. The Bertz CT molecular complexity index is 2380. The lowest BCUT2D eigenvalue weighted by atomic mass is 9.81. The molecule has 3 nitrogen and oxygen atoms in total. The van der Waals surface area contributed by atoms with E-state index in [1.807, 2.05) is 36.4 Å². The van der Waals surface area contributed by atoms with Gasteiger partial charge in [0.05, 0.1) is 18.9 Å². The third-order valence-corrected chi connectivity index (χ3v) is 10.5. The van der Waals surface area contributed by atoms with Gasteiger partial charge in [-0.1, -0.05) is 129 Å². The first kappa shape index (κ1) is 31.1. The molecule has 0 saturated carbocycles. The molecule has 248 valence electrons. The second-order valence-corrected chi connectivity index (χ2v) is 14.0. The maximum absolute atomic E-state index is 6.43. The smallest absolute Gasteiger partial charge is 0.129 e. The number of benzene rings is 7. The summed E-state index contributed by atoms with van der Waals surface area (Å²) in [5.41, 5.74) is 15.8. The van der Waals surface area contributed by atoms with E-state index in [9.17, 15) is 0 Å². The quantitative estimate of drug-likeness (QED) is 0.170. The summed E-state index contributed by atoms with van der Waals surface area (Å²) in [6.45, 7) is 6.06. The Morgan fingerprint density at radius 2 is 1.22 bits per heavy atom. The number of hydrogen-bond donors (Lipinski definition) is 0. The van der Waals surface area contributed by atoms with Crippen LogP contribution in [0.5, 0.6) is 11.5 Å². The lowest BCUT2D eigenvalue weighted by molar-refractivity contribution is 0.111. The third-order valence-electron chi connectivity index (χ3n) is 10.5. The summed E-state index contributed by atoms with van der Waals surface area (Å²) >= 11 is 0. The number of fused-ring (bicyclic) bond motifs is 4. The number of hydrogen-bond acceptors (Lipinski definition) is 3. The van der Waals surface area contributed by atoms with Crippen LogP contribution in [0.2, 0.25) is 0 Å².